The van der Waals surface area contributed by atoms with Gasteiger partial charge in [0.2, 0.25) is 5.91 Å². The van der Waals surface area contributed by atoms with Gasteiger partial charge < -0.3 is 14.8 Å². The molecule has 1 aromatic heterocycles. The van der Waals surface area contributed by atoms with E-state index in [1.165, 1.54) is 6.92 Å². The molecule has 0 aromatic carbocycles. The molecule has 6 nitrogen and oxygen atoms in total. The maximum Gasteiger partial charge on any atom is 0.325 e. The third kappa shape index (κ3) is 4.73. The number of carboxylic acid groups (broad SMARTS) is 1. The molecule has 0 aliphatic heterocycles. The second kappa shape index (κ2) is 5.86. The maximum atomic E-state index is 11.5. The number of carbonyl (C=O) groups excluding carboxylic acids is 1. The molecule has 6 heteroatoms. The molecule has 1 aromatic rings. The van der Waals surface area contributed by atoms with Crippen molar-refractivity contribution in [1.29, 1.82) is 0 Å². The van der Waals surface area contributed by atoms with Gasteiger partial charge in [0.05, 0.1) is 6.20 Å². The molecule has 0 unspecified atom stereocenters. The van der Waals surface area contributed by atoms with Crippen molar-refractivity contribution in [2.45, 2.75) is 52.0 Å². The van der Waals surface area contributed by atoms with Gasteiger partial charge in [0, 0.05) is 18.3 Å². The van der Waals surface area contributed by atoms with Crippen molar-refractivity contribution < 1.29 is 19.1 Å². The van der Waals surface area contributed by atoms with E-state index < -0.39 is 12.0 Å². The second-order valence-electron chi connectivity index (χ2n) is 5.50. The number of carboxylic acids is 1. The number of aromatic nitrogens is 1. The number of aryl methyl sites for hydroxylation is 1. The molecule has 1 heterocycles. The van der Waals surface area contributed by atoms with Crippen molar-refractivity contribution in [2.24, 2.45) is 0 Å². The molecular formula is C13H20N2O4. The third-order valence-corrected chi connectivity index (χ3v) is 2.61. The lowest BCUT2D eigenvalue weighted by molar-refractivity contribution is -0.141. The smallest absolute Gasteiger partial charge is 0.325 e. The van der Waals surface area contributed by atoms with Crippen LogP contribution in [0.15, 0.2) is 10.6 Å². The van der Waals surface area contributed by atoms with Crippen LogP contribution in [0.25, 0.3) is 0 Å². The molecule has 2 N–H and O–H groups in total. The number of nitrogens with zero attached hydrogens (tertiary/aromatic N) is 1. The molecular weight excluding hydrogens is 248 g/mol. The lowest BCUT2D eigenvalue weighted by Crippen LogP contribution is -2.38. The number of oxazole rings is 1. The van der Waals surface area contributed by atoms with Crippen molar-refractivity contribution >= 4 is 11.9 Å². The topological polar surface area (TPSA) is 92.4 Å². The standard InChI is InChI=1S/C13H20N2O4/c1-8(12(17)18)15-10(16)5-6-11-14-7-9(19-11)13(2,3)4/h7-8H,5-6H2,1-4H3,(H,15,16)(H,17,18)/t8-/m0/s1. The monoisotopic (exact) mass is 268 g/mol. The number of aliphatic carboxylic acids is 1. The van der Waals surface area contributed by atoms with Crippen LogP contribution in [0.2, 0.25) is 0 Å². The van der Waals surface area contributed by atoms with Crippen LogP contribution in [-0.2, 0) is 21.4 Å². The summed E-state index contributed by atoms with van der Waals surface area (Å²) >= 11 is 0. The highest BCUT2D eigenvalue weighted by Crippen LogP contribution is 2.22. The van der Waals surface area contributed by atoms with Gasteiger partial charge in [0.15, 0.2) is 5.89 Å². The van der Waals surface area contributed by atoms with Crippen LogP contribution in [0.4, 0.5) is 0 Å². The molecule has 0 spiro atoms. The Morgan fingerprint density at radius 2 is 2.11 bits per heavy atom. The van der Waals surface area contributed by atoms with E-state index in [2.05, 4.69) is 10.3 Å². The van der Waals surface area contributed by atoms with Gasteiger partial charge >= 0.3 is 5.97 Å². The number of hydrogen-bond acceptors (Lipinski definition) is 4. The summed E-state index contributed by atoms with van der Waals surface area (Å²) in [7, 11) is 0. The first-order valence-corrected chi connectivity index (χ1v) is 6.17. The Kier molecular flexibility index (Phi) is 4.69. The zero-order valence-electron chi connectivity index (χ0n) is 11.7. The summed E-state index contributed by atoms with van der Waals surface area (Å²) in [5, 5.41) is 11.0. The Morgan fingerprint density at radius 1 is 1.47 bits per heavy atom. The predicted octanol–water partition coefficient (Wildman–Crippen LogP) is 1.49. The molecule has 0 saturated heterocycles. The molecule has 0 radical (unpaired) electrons. The molecule has 0 saturated carbocycles. The SMILES string of the molecule is C[C@H](NC(=O)CCc1ncc(C(C)(C)C)o1)C(=O)O. The number of nitrogens with one attached hydrogen (secondary N) is 1. The normalized spacial score (nSPS) is 13.1. The molecule has 0 bridgehead atoms. The van der Waals surface area contributed by atoms with Gasteiger partial charge in [-0.05, 0) is 6.92 Å². The van der Waals surface area contributed by atoms with E-state index in [4.69, 9.17) is 9.52 Å². The lowest BCUT2D eigenvalue weighted by atomic mass is 9.94. The van der Waals surface area contributed by atoms with E-state index >= 15 is 0 Å². The van der Waals surface area contributed by atoms with E-state index in [1.54, 1.807) is 6.20 Å². The molecule has 0 aliphatic carbocycles. The summed E-state index contributed by atoms with van der Waals surface area (Å²) in [6.45, 7) is 7.46. The first-order valence-electron chi connectivity index (χ1n) is 6.17. The van der Waals surface area contributed by atoms with E-state index in [1.807, 2.05) is 20.8 Å². The summed E-state index contributed by atoms with van der Waals surface area (Å²) < 4.78 is 5.54. The average molecular weight is 268 g/mol. The average Bonchev–Trinajstić information content (AvgIpc) is 2.74. The van der Waals surface area contributed by atoms with Crippen molar-refractivity contribution in [3.05, 3.63) is 17.8 Å². The number of rotatable bonds is 5. The van der Waals surface area contributed by atoms with Gasteiger partial charge in [0.1, 0.15) is 11.8 Å². The van der Waals surface area contributed by atoms with Gasteiger partial charge in [-0.3, -0.25) is 9.59 Å². The number of amides is 1. The largest absolute Gasteiger partial charge is 0.480 e. The van der Waals surface area contributed by atoms with Crippen molar-refractivity contribution in [3.8, 4) is 0 Å². The molecule has 19 heavy (non-hydrogen) atoms. The highest BCUT2D eigenvalue weighted by Gasteiger charge is 2.20. The van der Waals surface area contributed by atoms with Crippen LogP contribution in [0.1, 0.15) is 45.8 Å². The van der Waals surface area contributed by atoms with Crippen molar-refractivity contribution in [2.75, 3.05) is 0 Å². The molecule has 1 rings (SSSR count). The summed E-state index contributed by atoms with van der Waals surface area (Å²) in [6, 6.07) is -0.887. The Hall–Kier alpha value is -1.85. The Balaban J connectivity index is 2.47. The Bertz CT molecular complexity index is 459. The van der Waals surface area contributed by atoms with Crippen LogP contribution < -0.4 is 5.32 Å². The summed E-state index contributed by atoms with van der Waals surface area (Å²) in [5.74, 6) is -0.130. The highest BCUT2D eigenvalue weighted by molar-refractivity contribution is 5.83. The molecule has 1 atom stereocenters. The van der Waals surface area contributed by atoms with Crippen LogP contribution in [-0.4, -0.2) is 28.0 Å². The fourth-order valence-electron chi connectivity index (χ4n) is 1.37. The minimum atomic E-state index is -1.06. The zero-order chi connectivity index (χ0) is 14.6. The fourth-order valence-corrected chi connectivity index (χ4v) is 1.37. The highest BCUT2D eigenvalue weighted by atomic mass is 16.4. The van der Waals surface area contributed by atoms with Crippen molar-refractivity contribution in [1.82, 2.24) is 10.3 Å². The predicted molar refractivity (Wildman–Crippen MR) is 68.8 cm³/mol. The summed E-state index contributed by atoms with van der Waals surface area (Å²) in [6.07, 6.45) is 2.17. The fraction of sp³-hybridized carbons (Fsp3) is 0.615. The summed E-state index contributed by atoms with van der Waals surface area (Å²) in [5.41, 5.74) is -0.120. The second-order valence-corrected chi connectivity index (χ2v) is 5.50. The minimum absolute atomic E-state index is 0.120. The van der Waals surface area contributed by atoms with Crippen molar-refractivity contribution in [3.63, 3.8) is 0 Å². The summed E-state index contributed by atoms with van der Waals surface area (Å²) in [4.78, 5) is 26.2. The Labute approximate surface area is 112 Å². The van der Waals surface area contributed by atoms with Gasteiger partial charge in [-0.1, -0.05) is 20.8 Å². The first kappa shape index (κ1) is 15.2. The molecule has 0 fully saturated rings. The van der Waals surface area contributed by atoms with Crippen LogP contribution in [0.5, 0.6) is 0 Å². The quantitative estimate of drug-likeness (QED) is 0.844. The van der Waals surface area contributed by atoms with E-state index in [0.29, 0.717) is 12.3 Å². The molecule has 106 valence electrons. The van der Waals surface area contributed by atoms with E-state index in [-0.39, 0.29) is 17.7 Å². The van der Waals surface area contributed by atoms with Gasteiger partial charge in [-0.2, -0.15) is 0 Å². The number of carbonyl (C=O) groups is 2. The van der Waals surface area contributed by atoms with Crippen LogP contribution >= 0.6 is 0 Å². The van der Waals surface area contributed by atoms with Crippen LogP contribution in [0, 0.1) is 0 Å². The third-order valence-electron chi connectivity index (χ3n) is 2.61. The van der Waals surface area contributed by atoms with Gasteiger partial charge in [-0.15, -0.1) is 0 Å². The van der Waals surface area contributed by atoms with Gasteiger partial charge in [0.25, 0.3) is 0 Å². The molecule has 1 amide bonds. The lowest BCUT2D eigenvalue weighted by Gasteiger charge is -2.13. The molecule has 0 aliphatic rings. The van der Waals surface area contributed by atoms with E-state index in [9.17, 15) is 9.59 Å². The zero-order valence-corrected chi connectivity index (χ0v) is 11.7. The van der Waals surface area contributed by atoms with Crippen LogP contribution in [0.3, 0.4) is 0 Å². The first-order chi connectivity index (χ1) is 8.70. The number of hydrogen-bond donors (Lipinski definition) is 2. The minimum Gasteiger partial charge on any atom is -0.480 e. The van der Waals surface area contributed by atoms with Gasteiger partial charge in [-0.25, -0.2) is 4.98 Å². The maximum absolute atomic E-state index is 11.5. The van der Waals surface area contributed by atoms with E-state index in [0.717, 1.165) is 5.76 Å². The Morgan fingerprint density at radius 3 is 2.58 bits per heavy atom.